The number of amides is 2. The van der Waals surface area contributed by atoms with E-state index in [1.54, 1.807) is 36.4 Å². The first-order valence-corrected chi connectivity index (χ1v) is 10.0. The van der Waals surface area contributed by atoms with Crippen molar-refractivity contribution in [2.45, 2.75) is 6.54 Å². The predicted octanol–water partition coefficient (Wildman–Crippen LogP) is 4.01. The molecule has 0 aliphatic carbocycles. The number of ether oxygens (including phenoxy) is 2. The number of fused-ring (bicyclic) bond motifs is 1. The van der Waals surface area contributed by atoms with E-state index in [1.807, 2.05) is 11.4 Å². The van der Waals surface area contributed by atoms with Crippen LogP contribution >= 0.6 is 11.3 Å². The molecule has 0 fully saturated rings. The number of benzene rings is 2. The van der Waals surface area contributed by atoms with Crippen LogP contribution in [-0.2, 0) is 16.1 Å². The molecule has 2 amide bonds. The van der Waals surface area contributed by atoms with Crippen LogP contribution in [0.5, 0.6) is 11.5 Å². The molecule has 1 aromatic heterocycles. The zero-order chi connectivity index (χ0) is 20.7. The fraction of sp³-hybridized carbons (Fsp3) is 0.0909. The van der Waals surface area contributed by atoms with Crippen molar-refractivity contribution in [3.8, 4) is 11.5 Å². The molecule has 5 rings (SSSR count). The van der Waals surface area contributed by atoms with Crippen LogP contribution in [-0.4, -0.2) is 23.5 Å². The molecule has 0 radical (unpaired) electrons. The molecule has 2 aliphatic heterocycles. The summed E-state index contributed by atoms with van der Waals surface area (Å²) in [5, 5.41) is 4.94. The Hall–Kier alpha value is -3.65. The van der Waals surface area contributed by atoms with E-state index in [1.165, 1.54) is 23.5 Å². The van der Waals surface area contributed by atoms with E-state index in [2.05, 4.69) is 5.32 Å². The van der Waals surface area contributed by atoms with Gasteiger partial charge in [-0.1, -0.05) is 18.2 Å². The topological polar surface area (TPSA) is 67.9 Å². The van der Waals surface area contributed by atoms with E-state index >= 15 is 0 Å². The summed E-state index contributed by atoms with van der Waals surface area (Å²) < 4.78 is 23.9. The van der Waals surface area contributed by atoms with Crippen molar-refractivity contribution in [2.75, 3.05) is 12.1 Å². The maximum absolute atomic E-state index is 13.2. The van der Waals surface area contributed by atoms with Crippen molar-refractivity contribution in [2.24, 2.45) is 0 Å². The highest BCUT2D eigenvalue weighted by Crippen LogP contribution is 2.37. The number of rotatable bonds is 5. The van der Waals surface area contributed by atoms with Crippen LogP contribution in [0.4, 0.5) is 10.1 Å². The molecule has 1 N–H and O–H groups in total. The number of carbonyl (C=O) groups is 2. The van der Waals surface area contributed by atoms with Crippen LogP contribution in [0.15, 0.2) is 65.7 Å². The molecule has 8 heteroatoms. The molecule has 0 atom stereocenters. The first-order valence-electron chi connectivity index (χ1n) is 9.15. The Labute approximate surface area is 175 Å². The molecule has 0 saturated heterocycles. The maximum Gasteiger partial charge on any atom is 0.278 e. The lowest BCUT2D eigenvalue weighted by Crippen LogP contribution is -2.31. The number of nitrogens with one attached hydrogen (secondary N) is 1. The first kappa shape index (κ1) is 18.4. The van der Waals surface area contributed by atoms with Crippen molar-refractivity contribution < 1.29 is 23.5 Å². The number of hydrogen-bond donors (Lipinski definition) is 1. The Bertz CT molecular complexity index is 1170. The zero-order valence-electron chi connectivity index (χ0n) is 15.6. The van der Waals surface area contributed by atoms with Crippen LogP contribution in [0.25, 0.3) is 5.57 Å². The van der Waals surface area contributed by atoms with Gasteiger partial charge in [-0.25, -0.2) is 4.39 Å². The van der Waals surface area contributed by atoms with Gasteiger partial charge >= 0.3 is 0 Å². The summed E-state index contributed by atoms with van der Waals surface area (Å²) in [7, 11) is 0. The summed E-state index contributed by atoms with van der Waals surface area (Å²) >= 11 is 1.38. The summed E-state index contributed by atoms with van der Waals surface area (Å²) in [6.45, 7) is 0.198. The van der Waals surface area contributed by atoms with E-state index in [9.17, 15) is 14.0 Å². The summed E-state index contributed by atoms with van der Waals surface area (Å²) in [6, 6.07) is 14.6. The molecular formula is C22H15FN2O4S. The zero-order valence-corrected chi connectivity index (χ0v) is 16.4. The lowest BCUT2D eigenvalue weighted by Gasteiger charge is -2.15. The number of carbonyl (C=O) groups excluding carboxylic acids is 2. The van der Waals surface area contributed by atoms with Gasteiger partial charge in [-0.05, 0) is 41.3 Å². The van der Waals surface area contributed by atoms with Crippen molar-refractivity contribution >= 4 is 34.4 Å². The van der Waals surface area contributed by atoms with Gasteiger partial charge in [-0.15, -0.1) is 11.3 Å². The molecule has 150 valence electrons. The smallest absolute Gasteiger partial charge is 0.278 e. The molecule has 3 heterocycles. The second kappa shape index (κ2) is 7.31. The Morgan fingerprint density at radius 3 is 2.57 bits per heavy atom. The van der Waals surface area contributed by atoms with Gasteiger partial charge in [0.1, 0.15) is 11.5 Å². The summed E-state index contributed by atoms with van der Waals surface area (Å²) in [5.74, 6) is -0.0150. The third-order valence-corrected chi connectivity index (χ3v) is 5.72. The third kappa shape index (κ3) is 3.21. The third-order valence-electron chi connectivity index (χ3n) is 4.83. The van der Waals surface area contributed by atoms with E-state index in [0.29, 0.717) is 33.2 Å². The van der Waals surface area contributed by atoms with Gasteiger partial charge in [-0.2, -0.15) is 0 Å². The highest BCUT2D eigenvalue weighted by Gasteiger charge is 2.39. The Kier molecular flexibility index (Phi) is 4.48. The minimum Gasteiger partial charge on any atom is -0.454 e. The molecular weight excluding hydrogens is 407 g/mol. The normalized spacial score (nSPS) is 15.3. The highest BCUT2D eigenvalue weighted by atomic mass is 32.1. The summed E-state index contributed by atoms with van der Waals surface area (Å²) in [5.41, 5.74) is 1.78. The van der Waals surface area contributed by atoms with Gasteiger partial charge in [0, 0.05) is 16.6 Å². The minimum absolute atomic E-state index is 0.0547. The minimum atomic E-state index is -0.439. The van der Waals surface area contributed by atoms with Crippen molar-refractivity contribution in [3.63, 3.8) is 0 Å². The SMILES string of the molecule is O=C1C(Nc2ccc3c(c2)OCO3)=C(c2cccs2)C(=O)N1Cc1ccc(F)cc1. The van der Waals surface area contributed by atoms with Crippen LogP contribution in [0.3, 0.4) is 0 Å². The fourth-order valence-corrected chi connectivity index (χ4v) is 4.14. The van der Waals surface area contributed by atoms with Crippen molar-refractivity contribution in [1.29, 1.82) is 0 Å². The molecule has 2 aromatic carbocycles. The highest BCUT2D eigenvalue weighted by molar-refractivity contribution is 7.11. The van der Waals surface area contributed by atoms with Crippen molar-refractivity contribution in [1.82, 2.24) is 4.90 Å². The van der Waals surface area contributed by atoms with Gasteiger partial charge in [0.15, 0.2) is 11.5 Å². The van der Waals surface area contributed by atoms with E-state index in [-0.39, 0.29) is 24.9 Å². The average Bonchev–Trinajstić information content (AvgIpc) is 3.47. The van der Waals surface area contributed by atoms with Gasteiger partial charge < -0.3 is 14.8 Å². The number of imide groups is 1. The van der Waals surface area contributed by atoms with Gasteiger partial charge in [0.2, 0.25) is 6.79 Å². The molecule has 0 bridgehead atoms. The van der Waals surface area contributed by atoms with Crippen LogP contribution in [0.2, 0.25) is 0 Å². The lowest BCUT2D eigenvalue weighted by molar-refractivity contribution is -0.137. The Morgan fingerprint density at radius 1 is 1.00 bits per heavy atom. The summed E-state index contributed by atoms with van der Waals surface area (Å²) in [4.78, 5) is 28.2. The lowest BCUT2D eigenvalue weighted by atomic mass is 10.1. The molecule has 2 aliphatic rings. The monoisotopic (exact) mass is 422 g/mol. The van der Waals surface area contributed by atoms with Crippen LogP contribution in [0.1, 0.15) is 10.4 Å². The fourth-order valence-electron chi connectivity index (χ4n) is 3.38. The molecule has 30 heavy (non-hydrogen) atoms. The van der Waals surface area contributed by atoms with Crippen LogP contribution < -0.4 is 14.8 Å². The van der Waals surface area contributed by atoms with E-state index in [4.69, 9.17) is 9.47 Å². The number of anilines is 1. The second-order valence-electron chi connectivity index (χ2n) is 6.74. The Balaban J connectivity index is 1.49. The molecule has 0 saturated carbocycles. The van der Waals surface area contributed by atoms with Gasteiger partial charge in [-0.3, -0.25) is 14.5 Å². The predicted molar refractivity (Wildman–Crippen MR) is 109 cm³/mol. The largest absolute Gasteiger partial charge is 0.454 e. The summed E-state index contributed by atoms with van der Waals surface area (Å²) in [6.07, 6.45) is 0. The quantitative estimate of drug-likeness (QED) is 0.630. The van der Waals surface area contributed by atoms with Gasteiger partial charge in [0.25, 0.3) is 11.8 Å². The Morgan fingerprint density at radius 2 is 1.80 bits per heavy atom. The van der Waals surface area contributed by atoms with Crippen LogP contribution in [0, 0.1) is 5.82 Å². The number of hydrogen-bond acceptors (Lipinski definition) is 6. The number of nitrogens with zero attached hydrogens (tertiary/aromatic N) is 1. The molecule has 0 spiro atoms. The van der Waals surface area contributed by atoms with E-state index in [0.717, 1.165) is 4.90 Å². The standard InChI is InChI=1S/C22H15FN2O4S/c23-14-5-3-13(4-6-14)11-25-21(26)19(18-2-1-9-30-18)20(22(25)27)24-15-7-8-16-17(10-15)29-12-28-16/h1-10,24H,11-12H2. The molecule has 6 nitrogen and oxygen atoms in total. The van der Waals surface area contributed by atoms with Gasteiger partial charge in [0.05, 0.1) is 12.1 Å². The first-order chi connectivity index (χ1) is 14.6. The van der Waals surface area contributed by atoms with E-state index < -0.39 is 11.8 Å². The number of halogens is 1. The second-order valence-corrected chi connectivity index (χ2v) is 7.69. The number of thiophene rings is 1. The molecule has 0 unspecified atom stereocenters. The maximum atomic E-state index is 13.2. The average molecular weight is 422 g/mol. The van der Waals surface area contributed by atoms with Crippen molar-refractivity contribution in [3.05, 3.63) is 81.9 Å². The molecule has 3 aromatic rings.